The topological polar surface area (TPSA) is 84.2 Å². The Morgan fingerprint density at radius 1 is 1.14 bits per heavy atom. The molecule has 6 nitrogen and oxygen atoms in total. The van der Waals surface area contributed by atoms with Crippen LogP contribution in [0.3, 0.4) is 0 Å². The normalized spacial score (nSPS) is 15.2. The minimum atomic E-state index is -4.45. The zero-order valence-corrected chi connectivity index (χ0v) is 19.4. The van der Waals surface area contributed by atoms with Gasteiger partial charge in [0.1, 0.15) is 5.75 Å². The molecule has 1 saturated carbocycles. The molecule has 1 fully saturated rings. The molecule has 0 unspecified atom stereocenters. The highest BCUT2D eigenvalue weighted by Crippen LogP contribution is 2.43. The highest BCUT2D eigenvalue weighted by molar-refractivity contribution is 6.32. The monoisotopic (exact) mass is 505 g/mol. The predicted octanol–water partition coefficient (Wildman–Crippen LogP) is 5.06. The minimum Gasteiger partial charge on any atom is -0.506 e. The van der Waals surface area contributed by atoms with E-state index in [1.807, 2.05) is 0 Å². The van der Waals surface area contributed by atoms with Gasteiger partial charge >= 0.3 is 6.18 Å². The van der Waals surface area contributed by atoms with Gasteiger partial charge in [-0.05, 0) is 42.2 Å². The van der Waals surface area contributed by atoms with Crippen LogP contribution in [0.5, 0.6) is 5.75 Å². The van der Waals surface area contributed by atoms with Gasteiger partial charge in [-0.1, -0.05) is 48.7 Å². The van der Waals surface area contributed by atoms with E-state index >= 15 is 0 Å². The molecule has 0 radical (unpaired) electrons. The molecule has 184 valence electrons. The van der Waals surface area contributed by atoms with E-state index in [4.69, 9.17) is 11.6 Å². The van der Waals surface area contributed by atoms with Crippen LogP contribution in [-0.2, 0) is 24.7 Å². The Morgan fingerprint density at radius 3 is 2.57 bits per heavy atom. The summed E-state index contributed by atoms with van der Waals surface area (Å²) in [5.74, 6) is -0.826. The molecule has 2 aromatic carbocycles. The van der Waals surface area contributed by atoms with Crippen LogP contribution in [0.25, 0.3) is 0 Å². The van der Waals surface area contributed by atoms with Gasteiger partial charge in [-0.3, -0.25) is 14.3 Å². The highest BCUT2D eigenvalue weighted by Gasteiger charge is 2.38. The Morgan fingerprint density at radius 2 is 1.89 bits per heavy atom. The van der Waals surface area contributed by atoms with Crippen molar-refractivity contribution in [2.24, 2.45) is 0 Å². The van der Waals surface area contributed by atoms with Crippen LogP contribution >= 0.6 is 11.6 Å². The van der Waals surface area contributed by atoms with E-state index in [-0.39, 0.29) is 29.6 Å². The van der Waals surface area contributed by atoms with Crippen molar-refractivity contribution in [3.8, 4) is 5.75 Å². The second kappa shape index (κ2) is 9.73. The standard InChI is InChI=1S/C25H23ClF3N3O3/c26-19-7-6-16(12-21(19)34)14-30-23(35)22-20(33)8-11-32(31-22)15-24(9-1-2-10-24)17-4-3-5-18(13-17)25(27,28)29/h3-8,11-13,34H,1-2,9-10,14-15H2,(H,30,35). The van der Waals surface area contributed by atoms with Gasteiger partial charge in [0.05, 0.1) is 17.1 Å². The first-order chi connectivity index (χ1) is 16.6. The summed E-state index contributed by atoms with van der Waals surface area (Å²) in [5, 5.41) is 16.7. The molecule has 1 aliphatic carbocycles. The van der Waals surface area contributed by atoms with Crippen molar-refractivity contribution in [2.45, 2.75) is 50.4 Å². The van der Waals surface area contributed by atoms with Crippen LogP contribution in [0.1, 0.15) is 52.9 Å². The number of halogens is 4. The Hall–Kier alpha value is -3.33. The number of hydrogen-bond acceptors (Lipinski definition) is 4. The van der Waals surface area contributed by atoms with E-state index in [1.54, 1.807) is 12.1 Å². The maximum atomic E-state index is 13.3. The summed E-state index contributed by atoms with van der Waals surface area (Å²) in [4.78, 5) is 25.0. The van der Waals surface area contributed by atoms with Crippen LogP contribution in [-0.4, -0.2) is 20.8 Å². The number of benzene rings is 2. The first-order valence-electron chi connectivity index (χ1n) is 11.1. The van der Waals surface area contributed by atoms with Crippen LogP contribution in [0.15, 0.2) is 59.5 Å². The Bertz CT molecular complexity index is 1300. The van der Waals surface area contributed by atoms with Crippen molar-refractivity contribution in [1.29, 1.82) is 0 Å². The van der Waals surface area contributed by atoms with Gasteiger partial charge in [0.25, 0.3) is 5.91 Å². The number of aromatic hydroxyl groups is 1. The van der Waals surface area contributed by atoms with Crippen molar-refractivity contribution in [2.75, 3.05) is 0 Å². The molecule has 0 saturated heterocycles. The zero-order chi connectivity index (χ0) is 25.2. The molecule has 4 rings (SSSR count). The number of alkyl halides is 3. The number of aromatic nitrogens is 2. The summed E-state index contributed by atoms with van der Waals surface area (Å²) in [6, 6.07) is 11.1. The van der Waals surface area contributed by atoms with Gasteiger partial charge in [-0.25, -0.2) is 0 Å². The highest BCUT2D eigenvalue weighted by atomic mass is 35.5. The molecule has 2 N–H and O–H groups in total. The second-order valence-electron chi connectivity index (χ2n) is 8.76. The number of carbonyl (C=O) groups excluding carboxylic acids is 1. The first kappa shape index (κ1) is 24.8. The van der Waals surface area contributed by atoms with E-state index in [0.717, 1.165) is 18.9 Å². The number of nitrogens with one attached hydrogen (secondary N) is 1. The van der Waals surface area contributed by atoms with Crippen molar-refractivity contribution < 1.29 is 23.1 Å². The van der Waals surface area contributed by atoms with Gasteiger partial charge in [-0.15, -0.1) is 0 Å². The van der Waals surface area contributed by atoms with E-state index < -0.39 is 28.5 Å². The average molecular weight is 506 g/mol. The Kier molecular flexibility index (Phi) is 6.89. The fraction of sp³-hybridized carbons (Fsp3) is 0.320. The lowest BCUT2D eigenvalue weighted by Gasteiger charge is -2.31. The average Bonchev–Trinajstić information content (AvgIpc) is 3.30. The summed E-state index contributed by atoms with van der Waals surface area (Å²) in [5.41, 5.74) is -1.04. The van der Waals surface area contributed by atoms with Crippen molar-refractivity contribution in [1.82, 2.24) is 15.1 Å². The number of carbonyl (C=O) groups is 1. The molecule has 0 bridgehead atoms. The number of phenolic OH excluding ortho intramolecular Hbond substituents is 1. The van der Waals surface area contributed by atoms with Gasteiger partial charge < -0.3 is 10.4 Å². The van der Waals surface area contributed by atoms with E-state index in [2.05, 4.69) is 10.4 Å². The van der Waals surface area contributed by atoms with Crippen LogP contribution < -0.4 is 10.7 Å². The molecule has 35 heavy (non-hydrogen) atoms. The smallest absolute Gasteiger partial charge is 0.416 e. The fourth-order valence-corrected chi connectivity index (χ4v) is 4.67. The molecule has 0 spiro atoms. The Labute approximate surface area is 204 Å². The zero-order valence-electron chi connectivity index (χ0n) is 18.6. The summed E-state index contributed by atoms with van der Waals surface area (Å²) < 4.78 is 41.4. The van der Waals surface area contributed by atoms with Crippen molar-refractivity contribution in [3.63, 3.8) is 0 Å². The number of nitrogens with zero attached hydrogens (tertiary/aromatic N) is 2. The van der Waals surface area contributed by atoms with Crippen LogP contribution in [0, 0.1) is 0 Å². The maximum absolute atomic E-state index is 13.3. The largest absolute Gasteiger partial charge is 0.506 e. The molecular formula is C25H23ClF3N3O3. The molecule has 3 aromatic rings. The molecule has 1 heterocycles. The summed E-state index contributed by atoms with van der Waals surface area (Å²) >= 11 is 5.79. The second-order valence-corrected chi connectivity index (χ2v) is 9.17. The van der Waals surface area contributed by atoms with Crippen LogP contribution in [0.2, 0.25) is 5.02 Å². The summed E-state index contributed by atoms with van der Waals surface area (Å²) in [7, 11) is 0. The SMILES string of the molecule is O=C(NCc1ccc(Cl)c(O)c1)c1nn(CC2(c3cccc(C(F)(F)F)c3)CCCC2)ccc1=O. The third kappa shape index (κ3) is 5.51. The first-order valence-corrected chi connectivity index (χ1v) is 11.5. The molecule has 10 heteroatoms. The third-order valence-electron chi connectivity index (χ3n) is 6.37. The molecule has 0 aliphatic heterocycles. The lowest BCUT2D eigenvalue weighted by Crippen LogP contribution is -2.34. The van der Waals surface area contributed by atoms with E-state index in [9.17, 15) is 27.9 Å². The molecule has 1 aliphatic rings. The lowest BCUT2D eigenvalue weighted by molar-refractivity contribution is -0.137. The summed E-state index contributed by atoms with van der Waals surface area (Å²) in [6.07, 6.45) is 0.0599. The maximum Gasteiger partial charge on any atom is 0.416 e. The molecule has 0 atom stereocenters. The van der Waals surface area contributed by atoms with Gasteiger partial charge in [0.2, 0.25) is 5.43 Å². The van der Waals surface area contributed by atoms with Crippen molar-refractivity contribution >= 4 is 17.5 Å². The van der Waals surface area contributed by atoms with E-state index in [0.29, 0.717) is 24.0 Å². The quantitative estimate of drug-likeness (QED) is 0.490. The number of rotatable bonds is 6. The molecular weight excluding hydrogens is 483 g/mol. The minimum absolute atomic E-state index is 0.0355. The number of phenols is 1. The van der Waals surface area contributed by atoms with Gasteiger partial charge in [0, 0.05) is 24.2 Å². The molecule has 1 aromatic heterocycles. The number of hydrogen-bond donors (Lipinski definition) is 2. The fourth-order valence-electron chi connectivity index (χ4n) is 4.55. The van der Waals surface area contributed by atoms with E-state index in [1.165, 1.54) is 41.2 Å². The third-order valence-corrected chi connectivity index (χ3v) is 6.69. The Balaban J connectivity index is 1.57. The number of amides is 1. The van der Waals surface area contributed by atoms with Crippen LogP contribution in [0.4, 0.5) is 13.2 Å². The molecule has 1 amide bonds. The lowest BCUT2D eigenvalue weighted by atomic mass is 9.78. The summed E-state index contributed by atoms with van der Waals surface area (Å²) in [6.45, 7) is 0.272. The predicted molar refractivity (Wildman–Crippen MR) is 124 cm³/mol. The van der Waals surface area contributed by atoms with Gasteiger partial charge in [0.15, 0.2) is 5.69 Å². The van der Waals surface area contributed by atoms with Gasteiger partial charge in [-0.2, -0.15) is 18.3 Å². The van der Waals surface area contributed by atoms with Crippen molar-refractivity contribution in [3.05, 3.63) is 92.4 Å².